The van der Waals surface area contributed by atoms with Crippen molar-refractivity contribution in [2.45, 2.75) is 49.6 Å². The maximum atomic E-state index is 13.3. The molecule has 0 aliphatic heterocycles. The third kappa shape index (κ3) is 3.50. The first-order valence-corrected chi connectivity index (χ1v) is 11.9. The molecule has 6 nitrogen and oxygen atoms in total. The van der Waals surface area contributed by atoms with Crippen LogP contribution in [0.15, 0.2) is 36.5 Å². The number of nitrogens with zero attached hydrogens (tertiary/aromatic N) is 3. The summed E-state index contributed by atoms with van der Waals surface area (Å²) in [5.74, 6) is 0. The van der Waals surface area contributed by atoms with Crippen LogP contribution in [0, 0.1) is 11.3 Å². The number of hydrogen-bond acceptors (Lipinski definition) is 4. The first-order valence-electron chi connectivity index (χ1n) is 10.3. The Hall–Kier alpha value is -3.06. The van der Waals surface area contributed by atoms with Crippen LogP contribution in [0.2, 0.25) is 0 Å². The largest absolute Gasteiger partial charge is 0.417 e. The number of sulfonamides is 1. The highest BCUT2D eigenvalue weighted by atomic mass is 32.2. The molecule has 2 aliphatic rings. The first kappa shape index (κ1) is 20.8. The zero-order valence-corrected chi connectivity index (χ0v) is 17.7. The van der Waals surface area contributed by atoms with Gasteiger partial charge in [-0.15, -0.1) is 0 Å². The molecule has 0 atom stereocenters. The van der Waals surface area contributed by atoms with E-state index >= 15 is 0 Å². The van der Waals surface area contributed by atoms with Crippen molar-refractivity contribution in [3.63, 3.8) is 0 Å². The molecule has 2 aromatic heterocycles. The summed E-state index contributed by atoms with van der Waals surface area (Å²) in [7, 11) is -3.41. The molecule has 0 bridgehead atoms. The van der Waals surface area contributed by atoms with Crippen LogP contribution in [-0.2, 0) is 16.2 Å². The molecule has 3 aromatic rings. The van der Waals surface area contributed by atoms with Crippen molar-refractivity contribution in [2.75, 3.05) is 4.72 Å². The number of alkyl halides is 3. The van der Waals surface area contributed by atoms with E-state index in [0.29, 0.717) is 35.4 Å². The van der Waals surface area contributed by atoms with Crippen molar-refractivity contribution in [2.24, 2.45) is 0 Å². The zero-order chi connectivity index (χ0) is 22.7. The second-order valence-corrected chi connectivity index (χ2v) is 10.3. The minimum atomic E-state index is -4.56. The van der Waals surface area contributed by atoms with Crippen molar-refractivity contribution in [3.8, 4) is 17.3 Å². The summed E-state index contributed by atoms with van der Waals surface area (Å²) in [5, 5.41) is 9.68. The lowest BCUT2D eigenvalue weighted by Gasteiger charge is -2.29. The molecule has 1 aromatic carbocycles. The Balaban J connectivity index is 1.63. The summed E-state index contributed by atoms with van der Waals surface area (Å²) in [6.45, 7) is 0. The van der Waals surface area contributed by atoms with E-state index in [2.05, 4.69) is 15.8 Å². The highest BCUT2D eigenvalue weighted by Gasteiger charge is 2.36. The van der Waals surface area contributed by atoms with Crippen LogP contribution in [-0.4, -0.2) is 23.2 Å². The fraction of sp³-hybridized carbons (Fsp3) is 0.364. The highest BCUT2D eigenvalue weighted by molar-refractivity contribution is 7.93. The molecule has 0 unspecified atom stereocenters. The second-order valence-electron chi connectivity index (χ2n) is 8.31. The number of benzene rings is 1. The number of halogens is 3. The van der Waals surface area contributed by atoms with E-state index in [1.54, 1.807) is 24.3 Å². The number of fused-ring (bicyclic) bond motifs is 1. The molecular weight excluding hydrogens is 441 g/mol. The topological polar surface area (TPSA) is 87.8 Å². The van der Waals surface area contributed by atoms with Gasteiger partial charge in [-0.05, 0) is 55.9 Å². The Kier molecular flexibility index (Phi) is 4.71. The number of aromatic nitrogens is 2. The highest BCUT2D eigenvalue weighted by Crippen LogP contribution is 2.43. The van der Waals surface area contributed by atoms with Crippen LogP contribution in [0.5, 0.6) is 0 Å². The van der Waals surface area contributed by atoms with E-state index in [9.17, 15) is 26.9 Å². The predicted octanol–water partition coefficient (Wildman–Crippen LogP) is 5.22. The summed E-state index contributed by atoms with van der Waals surface area (Å²) in [4.78, 5) is 4.10. The van der Waals surface area contributed by atoms with Gasteiger partial charge in [-0.3, -0.25) is 4.72 Å². The van der Waals surface area contributed by atoms with Gasteiger partial charge in [0.1, 0.15) is 11.7 Å². The Morgan fingerprint density at radius 1 is 1.12 bits per heavy atom. The van der Waals surface area contributed by atoms with Gasteiger partial charge in [0.2, 0.25) is 10.0 Å². The molecule has 10 heteroatoms. The lowest BCUT2D eigenvalue weighted by atomic mass is 9.92. The number of pyridine rings is 1. The van der Waals surface area contributed by atoms with Crippen molar-refractivity contribution in [1.29, 1.82) is 5.26 Å². The third-order valence-corrected chi connectivity index (χ3v) is 7.97. The van der Waals surface area contributed by atoms with Crippen molar-refractivity contribution in [1.82, 2.24) is 9.55 Å². The van der Waals surface area contributed by atoms with Gasteiger partial charge in [0.25, 0.3) is 0 Å². The van der Waals surface area contributed by atoms with Crippen molar-refractivity contribution in [3.05, 3.63) is 47.7 Å². The Labute approximate surface area is 182 Å². The predicted molar refractivity (Wildman–Crippen MR) is 113 cm³/mol. The molecule has 2 fully saturated rings. The van der Waals surface area contributed by atoms with Crippen LogP contribution in [0.1, 0.15) is 49.3 Å². The van der Waals surface area contributed by atoms with Gasteiger partial charge >= 0.3 is 6.18 Å². The van der Waals surface area contributed by atoms with Crippen LogP contribution in [0.3, 0.4) is 0 Å². The molecular formula is C22H19F3N4O2S. The van der Waals surface area contributed by atoms with E-state index in [4.69, 9.17) is 0 Å². The molecule has 0 radical (unpaired) electrons. The van der Waals surface area contributed by atoms with Crippen LogP contribution in [0.25, 0.3) is 22.3 Å². The number of hydrogen-bond donors (Lipinski definition) is 1. The minimum Gasteiger partial charge on any atom is -0.321 e. The van der Waals surface area contributed by atoms with E-state index < -0.39 is 21.8 Å². The molecule has 0 amide bonds. The van der Waals surface area contributed by atoms with E-state index in [-0.39, 0.29) is 22.2 Å². The Morgan fingerprint density at radius 2 is 1.81 bits per heavy atom. The van der Waals surface area contributed by atoms with Gasteiger partial charge in [-0.25, -0.2) is 13.4 Å². The number of nitriles is 1. The third-order valence-electron chi connectivity index (χ3n) is 6.10. The van der Waals surface area contributed by atoms with E-state index in [0.717, 1.165) is 31.5 Å². The molecule has 2 heterocycles. The van der Waals surface area contributed by atoms with Gasteiger partial charge in [-0.2, -0.15) is 18.4 Å². The summed E-state index contributed by atoms with van der Waals surface area (Å²) < 4.78 is 68.6. The summed E-state index contributed by atoms with van der Waals surface area (Å²) in [6.07, 6.45) is 0.230. The first-order chi connectivity index (χ1) is 15.2. The van der Waals surface area contributed by atoms with Gasteiger partial charge in [0.15, 0.2) is 0 Å². The van der Waals surface area contributed by atoms with E-state index in [1.807, 2.05) is 4.57 Å². The summed E-state index contributed by atoms with van der Waals surface area (Å²) in [5.41, 5.74) is 1.13. The van der Waals surface area contributed by atoms with Gasteiger partial charge in [0, 0.05) is 23.3 Å². The molecule has 32 heavy (non-hydrogen) atoms. The van der Waals surface area contributed by atoms with Gasteiger partial charge in [-0.1, -0.05) is 12.1 Å². The normalized spacial score (nSPS) is 17.2. The number of anilines is 1. The summed E-state index contributed by atoms with van der Waals surface area (Å²) in [6, 6.07) is 9.68. The average molecular weight is 460 g/mol. The molecule has 166 valence electrons. The monoisotopic (exact) mass is 460 g/mol. The van der Waals surface area contributed by atoms with Crippen LogP contribution in [0.4, 0.5) is 18.9 Å². The molecule has 1 N–H and O–H groups in total. The smallest absolute Gasteiger partial charge is 0.321 e. The Morgan fingerprint density at radius 3 is 2.34 bits per heavy atom. The lowest BCUT2D eigenvalue weighted by Crippen LogP contribution is -2.18. The quantitative estimate of drug-likeness (QED) is 0.565. The van der Waals surface area contributed by atoms with Crippen molar-refractivity contribution < 1.29 is 21.6 Å². The Bertz CT molecular complexity index is 1350. The molecule has 0 spiro atoms. The van der Waals surface area contributed by atoms with Gasteiger partial charge in [0.05, 0.1) is 22.1 Å². The zero-order valence-electron chi connectivity index (χ0n) is 16.9. The standard InChI is InChI=1S/C22H19F3N4O2S/c23-22(24,25)14-10-18-19(11-26)20(29(16-2-1-3-16)21(18)27-12-14)13-4-6-15(7-5-13)28-32(30,31)17-8-9-17/h4-7,10,12,16-17,28H,1-3,8-9H2. The second kappa shape index (κ2) is 7.24. The molecule has 5 rings (SSSR count). The summed E-state index contributed by atoms with van der Waals surface area (Å²) >= 11 is 0. The minimum absolute atomic E-state index is 0.0480. The van der Waals surface area contributed by atoms with Crippen molar-refractivity contribution >= 4 is 26.7 Å². The van der Waals surface area contributed by atoms with Gasteiger partial charge < -0.3 is 4.57 Å². The molecule has 2 aliphatic carbocycles. The van der Waals surface area contributed by atoms with Crippen LogP contribution < -0.4 is 4.72 Å². The number of rotatable bonds is 5. The van der Waals surface area contributed by atoms with Crippen LogP contribution >= 0.6 is 0 Å². The lowest BCUT2D eigenvalue weighted by molar-refractivity contribution is -0.137. The SMILES string of the molecule is N#Cc1c(-c2ccc(NS(=O)(=O)C3CC3)cc2)n(C2CCC2)c2ncc(C(F)(F)F)cc12. The maximum absolute atomic E-state index is 13.3. The average Bonchev–Trinajstić information content (AvgIpc) is 3.51. The maximum Gasteiger partial charge on any atom is 0.417 e. The fourth-order valence-electron chi connectivity index (χ4n) is 4.06. The molecule has 2 saturated carbocycles. The van der Waals surface area contributed by atoms with E-state index in [1.165, 1.54) is 0 Å². The number of nitrogens with one attached hydrogen (secondary N) is 1. The molecule has 0 saturated heterocycles. The fourth-order valence-corrected chi connectivity index (χ4v) is 5.45.